The average molecular weight is 343 g/mol. The Kier molecular flexibility index (Phi) is 5.31. The van der Waals surface area contributed by atoms with Crippen molar-refractivity contribution in [2.75, 3.05) is 6.61 Å². The van der Waals surface area contributed by atoms with E-state index in [0.717, 1.165) is 16.9 Å². The first kappa shape index (κ1) is 17.2. The number of esters is 1. The van der Waals surface area contributed by atoms with Gasteiger partial charge in [-0.1, -0.05) is 24.3 Å². The number of rotatable bonds is 5. The fourth-order valence-corrected chi connectivity index (χ4v) is 2.47. The molecule has 0 unspecified atom stereocenters. The Morgan fingerprint density at radius 3 is 1.92 bits per heavy atom. The van der Waals surface area contributed by atoms with E-state index < -0.39 is 5.97 Å². The molecule has 0 aliphatic heterocycles. The predicted octanol–water partition coefficient (Wildman–Crippen LogP) is 4.84. The van der Waals surface area contributed by atoms with E-state index in [9.17, 15) is 4.79 Å². The predicted molar refractivity (Wildman–Crippen MR) is 99.2 cm³/mol. The van der Waals surface area contributed by atoms with Crippen LogP contribution in [0.1, 0.15) is 22.8 Å². The Morgan fingerprint density at radius 2 is 1.38 bits per heavy atom. The highest BCUT2D eigenvalue weighted by molar-refractivity contribution is 5.91. The minimum absolute atomic E-state index is 0.416. The number of carbonyl (C=O) groups is 1. The van der Waals surface area contributed by atoms with Crippen LogP contribution in [0, 0.1) is 11.3 Å². The maximum Gasteiger partial charge on any atom is 0.343 e. The van der Waals surface area contributed by atoms with Crippen molar-refractivity contribution < 1.29 is 14.3 Å². The number of nitriles is 1. The van der Waals surface area contributed by atoms with Gasteiger partial charge in [0, 0.05) is 0 Å². The van der Waals surface area contributed by atoms with Crippen molar-refractivity contribution in [1.82, 2.24) is 0 Å². The second-order valence-corrected chi connectivity index (χ2v) is 5.56. The summed E-state index contributed by atoms with van der Waals surface area (Å²) in [6.07, 6.45) is 0. The quantitative estimate of drug-likeness (QED) is 0.491. The van der Waals surface area contributed by atoms with Gasteiger partial charge < -0.3 is 9.47 Å². The number of benzene rings is 3. The zero-order valence-electron chi connectivity index (χ0n) is 14.3. The van der Waals surface area contributed by atoms with Gasteiger partial charge in [0.15, 0.2) is 0 Å². The molecular weight excluding hydrogens is 326 g/mol. The normalized spacial score (nSPS) is 10.0. The van der Waals surface area contributed by atoms with Gasteiger partial charge in [-0.2, -0.15) is 5.26 Å². The Morgan fingerprint density at radius 1 is 0.846 bits per heavy atom. The second kappa shape index (κ2) is 8.00. The summed E-state index contributed by atoms with van der Waals surface area (Å²) in [7, 11) is 0. The number of nitrogens with zero attached hydrogens (tertiary/aromatic N) is 1. The van der Waals surface area contributed by atoms with Crippen LogP contribution >= 0.6 is 0 Å². The van der Waals surface area contributed by atoms with Gasteiger partial charge in [-0.05, 0) is 66.6 Å². The lowest BCUT2D eigenvalue weighted by Gasteiger charge is -2.07. The highest BCUT2D eigenvalue weighted by Gasteiger charge is 2.09. The summed E-state index contributed by atoms with van der Waals surface area (Å²) in [5, 5.41) is 8.85. The molecule has 3 rings (SSSR count). The fourth-order valence-electron chi connectivity index (χ4n) is 2.47. The van der Waals surface area contributed by atoms with Gasteiger partial charge in [0.2, 0.25) is 0 Å². The molecule has 0 saturated heterocycles. The average Bonchev–Trinajstić information content (AvgIpc) is 2.70. The molecule has 128 valence electrons. The summed E-state index contributed by atoms with van der Waals surface area (Å²) < 4.78 is 10.7. The van der Waals surface area contributed by atoms with E-state index in [4.69, 9.17) is 14.7 Å². The van der Waals surface area contributed by atoms with Crippen LogP contribution in [0.2, 0.25) is 0 Å². The van der Waals surface area contributed by atoms with E-state index >= 15 is 0 Å². The molecule has 0 radical (unpaired) electrons. The molecule has 0 saturated carbocycles. The summed E-state index contributed by atoms with van der Waals surface area (Å²) in [4.78, 5) is 12.3. The monoisotopic (exact) mass is 343 g/mol. The summed E-state index contributed by atoms with van der Waals surface area (Å²) >= 11 is 0. The van der Waals surface area contributed by atoms with E-state index in [2.05, 4.69) is 6.07 Å². The third-order valence-electron chi connectivity index (χ3n) is 3.81. The van der Waals surface area contributed by atoms with E-state index in [-0.39, 0.29) is 0 Å². The minimum atomic E-state index is -0.416. The number of hydrogen-bond donors (Lipinski definition) is 0. The van der Waals surface area contributed by atoms with Gasteiger partial charge >= 0.3 is 5.97 Å². The Hall–Kier alpha value is -3.58. The van der Waals surface area contributed by atoms with Crippen LogP contribution in [0.15, 0.2) is 72.8 Å². The van der Waals surface area contributed by atoms with Crippen molar-refractivity contribution in [3.8, 4) is 28.7 Å². The second-order valence-electron chi connectivity index (χ2n) is 5.56. The van der Waals surface area contributed by atoms with Gasteiger partial charge in [-0.15, -0.1) is 0 Å². The molecule has 0 heterocycles. The third kappa shape index (κ3) is 4.08. The molecule has 4 heteroatoms. The number of ether oxygens (including phenoxy) is 2. The number of hydrogen-bond acceptors (Lipinski definition) is 4. The SMILES string of the molecule is CCOc1ccc(OC(=O)c2ccc(-c3ccc(C#N)cc3)cc2)cc1. The summed E-state index contributed by atoms with van der Waals surface area (Å²) in [6.45, 7) is 2.50. The largest absolute Gasteiger partial charge is 0.494 e. The lowest BCUT2D eigenvalue weighted by Crippen LogP contribution is -2.08. The topological polar surface area (TPSA) is 59.3 Å². The van der Waals surface area contributed by atoms with Crippen molar-refractivity contribution in [3.63, 3.8) is 0 Å². The molecule has 4 nitrogen and oxygen atoms in total. The molecular formula is C22H17NO3. The smallest absolute Gasteiger partial charge is 0.343 e. The van der Waals surface area contributed by atoms with Crippen molar-refractivity contribution >= 4 is 5.97 Å². The van der Waals surface area contributed by atoms with E-state index in [1.54, 1.807) is 48.5 Å². The van der Waals surface area contributed by atoms with Crippen LogP contribution in [0.4, 0.5) is 0 Å². The van der Waals surface area contributed by atoms with Crippen LogP contribution in [0.5, 0.6) is 11.5 Å². The van der Waals surface area contributed by atoms with Crippen LogP contribution < -0.4 is 9.47 Å². The first-order chi connectivity index (χ1) is 12.7. The Labute approximate surface area is 152 Å². The van der Waals surface area contributed by atoms with Gasteiger partial charge in [-0.3, -0.25) is 0 Å². The summed E-state index contributed by atoms with van der Waals surface area (Å²) in [6, 6.07) is 23.5. The molecule has 0 bridgehead atoms. The van der Waals surface area contributed by atoms with E-state index in [0.29, 0.717) is 23.5 Å². The molecule has 0 amide bonds. The van der Waals surface area contributed by atoms with Gasteiger partial charge in [-0.25, -0.2) is 4.79 Å². The first-order valence-electron chi connectivity index (χ1n) is 8.25. The highest BCUT2D eigenvalue weighted by atomic mass is 16.5. The maximum atomic E-state index is 12.3. The molecule has 3 aromatic carbocycles. The molecule has 0 aliphatic rings. The van der Waals surface area contributed by atoms with Crippen LogP contribution in [0.25, 0.3) is 11.1 Å². The van der Waals surface area contributed by atoms with Crippen molar-refractivity contribution in [1.29, 1.82) is 5.26 Å². The van der Waals surface area contributed by atoms with Gasteiger partial charge in [0.25, 0.3) is 0 Å². The maximum absolute atomic E-state index is 12.3. The molecule has 0 aliphatic carbocycles. The Bertz CT molecular complexity index is 921. The molecule has 0 spiro atoms. The van der Waals surface area contributed by atoms with Crippen molar-refractivity contribution in [3.05, 3.63) is 83.9 Å². The molecule has 26 heavy (non-hydrogen) atoms. The van der Waals surface area contributed by atoms with Gasteiger partial charge in [0.1, 0.15) is 11.5 Å². The zero-order chi connectivity index (χ0) is 18.4. The van der Waals surface area contributed by atoms with E-state index in [1.165, 1.54) is 0 Å². The highest BCUT2D eigenvalue weighted by Crippen LogP contribution is 2.22. The zero-order valence-corrected chi connectivity index (χ0v) is 14.3. The van der Waals surface area contributed by atoms with Crippen molar-refractivity contribution in [2.24, 2.45) is 0 Å². The van der Waals surface area contributed by atoms with Crippen LogP contribution in [-0.2, 0) is 0 Å². The van der Waals surface area contributed by atoms with Gasteiger partial charge in [0.05, 0.1) is 23.8 Å². The van der Waals surface area contributed by atoms with Crippen LogP contribution in [-0.4, -0.2) is 12.6 Å². The standard InChI is InChI=1S/C22H17NO3/c1-2-25-20-11-13-21(14-12-20)26-22(24)19-9-7-18(8-10-19)17-5-3-16(15-23)4-6-17/h3-14H,2H2,1H3. The molecule has 0 atom stereocenters. The lowest BCUT2D eigenvalue weighted by atomic mass is 10.0. The Balaban J connectivity index is 1.69. The van der Waals surface area contributed by atoms with Crippen molar-refractivity contribution in [2.45, 2.75) is 6.92 Å². The fraction of sp³-hybridized carbons (Fsp3) is 0.0909. The molecule has 0 fully saturated rings. The third-order valence-corrected chi connectivity index (χ3v) is 3.81. The number of carbonyl (C=O) groups excluding carboxylic acids is 1. The minimum Gasteiger partial charge on any atom is -0.494 e. The molecule has 0 N–H and O–H groups in total. The summed E-state index contributed by atoms with van der Waals surface area (Å²) in [5.74, 6) is 0.786. The first-order valence-corrected chi connectivity index (χ1v) is 8.25. The summed E-state index contributed by atoms with van der Waals surface area (Å²) in [5.41, 5.74) is 3.03. The molecule has 3 aromatic rings. The molecule has 0 aromatic heterocycles. The lowest BCUT2D eigenvalue weighted by molar-refractivity contribution is 0.0734. The van der Waals surface area contributed by atoms with Crippen LogP contribution in [0.3, 0.4) is 0 Å². The van der Waals surface area contributed by atoms with E-state index in [1.807, 2.05) is 31.2 Å².